The Morgan fingerprint density at radius 1 is 1.05 bits per heavy atom. The Balaban J connectivity index is 1.92. The number of ether oxygens (including phenoxy) is 2. The molecule has 22 heavy (non-hydrogen) atoms. The fourth-order valence-corrected chi connectivity index (χ4v) is 2.43. The van der Waals surface area contributed by atoms with Gasteiger partial charge in [-0.15, -0.1) is 0 Å². The third-order valence-corrected chi connectivity index (χ3v) is 3.59. The first-order valence-corrected chi connectivity index (χ1v) is 6.67. The first-order chi connectivity index (χ1) is 10.7. The SMILES string of the molecule is COc1ccc(CN2C(=O)c3ccncc3C2=O)c(OC)c1. The highest BCUT2D eigenvalue weighted by atomic mass is 16.5. The molecule has 0 saturated carbocycles. The fraction of sp³-hybridized carbons (Fsp3) is 0.188. The van der Waals surface area contributed by atoms with Gasteiger partial charge in [-0.25, -0.2) is 0 Å². The van der Waals surface area contributed by atoms with Crippen molar-refractivity contribution in [3.8, 4) is 11.5 Å². The van der Waals surface area contributed by atoms with Crippen molar-refractivity contribution in [3.63, 3.8) is 0 Å². The van der Waals surface area contributed by atoms with Crippen LogP contribution in [-0.4, -0.2) is 35.9 Å². The second kappa shape index (κ2) is 5.48. The molecule has 2 aromatic rings. The van der Waals surface area contributed by atoms with Crippen LogP contribution in [0.3, 0.4) is 0 Å². The molecule has 2 amide bonds. The summed E-state index contributed by atoms with van der Waals surface area (Å²) in [5, 5.41) is 0. The Kier molecular flexibility index (Phi) is 3.50. The van der Waals surface area contributed by atoms with Crippen molar-refractivity contribution in [1.29, 1.82) is 0 Å². The van der Waals surface area contributed by atoms with E-state index >= 15 is 0 Å². The molecule has 3 rings (SSSR count). The number of fused-ring (bicyclic) bond motifs is 1. The zero-order valence-electron chi connectivity index (χ0n) is 12.2. The Hall–Kier alpha value is -2.89. The van der Waals surface area contributed by atoms with Gasteiger partial charge in [-0.05, 0) is 18.2 Å². The van der Waals surface area contributed by atoms with Crippen LogP contribution in [-0.2, 0) is 6.54 Å². The summed E-state index contributed by atoms with van der Waals surface area (Å²) in [5.41, 5.74) is 1.44. The van der Waals surface area contributed by atoms with Gasteiger partial charge in [0.15, 0.2) is 0 Å². The van der Waals surface area contributed by atoms with Gasteiger partial charge in [0.2, 0.25) is 0 Å². The first-order valence-electron chi connectivity index (χ1n) is 6.67. The highest BCUT2D eigenvalue weighted by molar-refractivity contribution is 6.21. The van der Waals surface area contributed by atoms with Gasteiger partial charge in [0.05, 0.1) is 31.9 Å². The molecule has 0 radical (unpaired) electrons. The van der Waals surface area contributed by atoms with Gasteiger partial charge in [0.1, 0.15) is 11.5 Å². The van der Waals surface area contributed by atoms with Crippen LogP contribution in [0, 0.1) is 0 Å². The maximum atomic E-state index is 12.3. The van der Waals surface area contributed by atoms with E-state index in [9.17, 15) is 9.59 Å². The zero-order valence-corrected chi connectivity index (χ0v) is 12.2. The fourth-order valence-electron chi connectivity index (χ4n) is 2.43. The lowest BCUT2D eigenvalue weighted by molar-refractivity contribution is 0.0641. The number of rotatable bonds is 4. The number of hydrogen-bond donors (Lipinski definition) is 0. The van der Waals surface area contributed by atoms with E-state index in [1.165, 1.54) is 24.4 Å². The molecule has 1 aromatic heterocycles. The standard InChI is InChI=1S/C16H14N2O4/c1-21-11-4-3-10(14(7-11)22-2)9-18-15(19)12-5-6-17-8-13(12)16(18)20/h3-8H,9H2,1-2H3. The highest BCUT2D eigenvalue weighted by Gasteiger charge is 2.35. The van der Waals surface area contributed by atoms with Gasteiger partial charge >= 0.3 is 0 Å². The summed E-state index contributed by atoms with van der Waals surface area (Å²) in [5.74, 6) is 0.549. The minimum atomic E-state index is -0.342. The molecule has 0 N–H and O–H groups in total. The van der Waals surface area contributed by atoms with Crippen LogP contribution in [0.1, 0.15) is 26.3 Å². The average Bonchev–Trinajstić information content (AvgIpc) is 2.80. The van der Waals surface area contributed by atoms with Crippen molar-refractivity contribution in [2.24, 2.45) is 0 Å². The summed E-state index contributed by atoms with van der Waals surface area (Å²) in [7, 11) is 3.09. The molecule has 1 aromatic carbocycles. The molecule has 112 valence electrons. The molecule has 6 heteroatoms. The maximum Gasteiger partial charge on any atom is 0.263 e. The first kappa shape index (κ1) is 14.1. The number of methoxy groups -OCH3 is 2. The molecule has 1 aliphatic heterocycles. The molecule has 0 fully saturated rings. The van der Waals surface area contributed by atoms with Crippen LogP contribution in [0.4, 0.5) is 0 Å². The van der Waals surface area contributed by atoms with Crippen molar-refractivity contribution in [3.05, 3.63) is 53.3 Å². The van der Waals surface area contributed by atoms with Crippen molar-refractivity contribution >= 4 is 11.8 Å². The number of hydrogen-bond acceptors (Lipinski definition) is 5. The summed E-state index contributed by atoms with van der Waals surface area (Å²) in [4.78, 5) is 29.8. The third-order valence-electron chi connectivity index (χ3n) is 3.59. The maximum absolute atomic E-state index is 12.3. The lowest BCUT2D eigenvalue weighted by Crippen LogP contribution is -2.29. The smallest absolute Gasteiger partial charge is 0.263 e. The second-order valence-corrected chi connectivity index (χ2v) is 4.80. The number of benzene rings is 1. The highest BCUT2D eigenvalue weighted by Crippen LogP contribution is 2.29. The van der Waals surface area contributed by atoms with Crippen molar-refractivity contribution < 1.29 is 19.1 Å². The molecule has 1 aliphatic rings. The molecule has 2 heterocycles. The van der Waals surface area contributed by atoms with Gasteiger partial charge in [0.25, 0.3) is 11.8 Å². The quantitative estimate of drug-likeness (QED) is 0.806. The van der Waals surface area contributed by atoms with Gasteiger partial charge in [-0.1, -0.05) is 0 Å². The molecule has 6 nitrogen and oxygen atoms in total. The van der Waals surface area contributed by atoms with Crippen molar-refractivity contribution in [1.82, 2.24) is 9.88 Å². The number of aromatic nitrogens is 1. The summed E-state index contributed by atoms with van der Waals surface area (Å²) < 4.78 is 10.4. The van der Waals surface area contributed by atoms with Crippen LogP contribution >= 0.6 is 0 Å². The van der Waals surface area contributed by atoms with Gasteiger partial charge in [-0.2, -0.15) is 0 Å². The Labute approximate surface area is 127 Å². The zero-order chi connectivity index (χ0) is 15.7. The van der Waals surface area contributed by atoms with Crippen LogP contribution in [0.15, 0.2) is 36.7 Å². The summed E-state index contributed by atoms with van der Waals surface area (Å²) >= 11 is 0. The minimum absolute atomic E-state index is 0.138. The predicted molar refractivity (Wildman–Crippen MR) is 78.0 cm³/mol. The van der Waals surface area contributed by atoms with E-state index in [1.54, 1.807) is 31.4 Å². The number of pyridine rings is 1. The third kappa shape index (κ3) is 2.18. The average molecular weight is 298 g/mol. The van der Waals surface area contributed by atoms with E-state index in [0.717, 1.165) is 5.56 Å². The molecular formula is C16H14N2O4. The van der Waals surface area contributed by atoms with E-state index in [1.807, 2.05) is 0 Å². The van der Waals surface area contributed by atoms with Crippen molar-refractivity contribution in [2.45, 2.75) is 6.54 Å². The second-order valence-electron chi connectivity index (χ2n) is 4.80. The molecular weight excluding hydrogens is 284 g/mol. The van der Waals surface area contributed by atoms with Gasteiger partial charge in [0, 0.05) is 24.0 Å². The number of carbonyl (C=O) groups is 2. The van der Waals surface area contributed by atoms with E-state index in [-0.39, 0.29) is 18.4 Å². The Morgan fingerprint density at radius 3 is 2.50 bits per heavy atom. The van der Waals surface area contributed by atoms with E-state index in [0.29, 0.717) is 22.6 Å². The predicted octanol–water partition coefficient (Wildman–Crippen LogP) is 1.89. The normalized spacial score (nSPS) is 13.3. The molecule has 0 saturated heterocycles. The van der Waals surface area contributed by atoms with Crippen LogP contribution < -0.4 is 9.47 Å². The number of carbonyl (C=O) groups excluding carboxylic acids is 2. The molecule has 0 spiro atoms. The summed E-state index contributed by atoms with van der Waals surface area (Å²) in [6.45, 7) is 0.138. The Morgan fingerprint density at radius 2 is 1.82 bits per heavy atom. The summed E-state index contributed by atoms with van der Waals surface area (Å²) in [6.07, 6.45) is 2.92. The van der Waals surface area contributed by atoms with E-state index in [4.69, 9.17) is 9.47 Å². The van der Waals surface area contributed by atoms with Crippen LogP contribution in [0.5, 0.6) is 11.5 Å². The molecule has 0 unspecified atom stereocenters. The minimum Gasteiger partial charge on any atom is -0.497 e. The summed E-state index contributed by atoms with van der Waals surface area (Å²) in [6, 6.07) is 6.81. The lowest BCUT2D eigenvalue weighted by Gasteiger charge is -2.16. The lowest BCUT2D eigenvalue weighted by atomic mass is 10.1. The van der Waals surface area contributed by atoms with E-state index < -0.39 is 0 Å². The molecule has 0 atom stereocenters. The largest absolute Gasteiger partial charge is 0.497 e. The monoisotopic (exact) mass is 298 g/mol. The molecule has 0 bridgehead atoms. The van der Waals surface area contributed by atoms with Gasteiger partial charge < -0.3 is 9.47 Å². The van der Waals surface area contributed by atoms with Crippen molar-refractivity contribution in [2.75, 3.05) is 14.2 Å². The topological polar surface area (TPSA) is 68.7 Å². The van der Waals surface area contributed by atoms with Crippen LogP contribution in [0.2, 0.25) is 0 Å². The Bertz CT molecular complexity index is 723. The number of imide groups is 1. The molecule has 0 aliphatic carbocycles. The van der Waals surface area contributed by atoms with E-state index in [2.05, 4.69) is 4.98 Å². The van der Waals surface area contributed by atoms with Crippen LogP contribution in [0.25, 0.3) is 0 Å². The number of amides is 2. The number of nitrogens with zero attached hydrogens (tertiary/aromatic N) is 2. The van der Waals surface area contributed by atoms with Gasteiger partial charge in [-0.3, -0.25) is 19.5 Å².